The lowest BCUT2D eigenvalue weighted by molar-refractivity contribution is -0.292. The number of halogens is 8. The molecule has 26 heavy (non-hydrogen) atoms. The first-order valence-corrected chi connectivity index (χ1v) is 6.91. The summed E-state index contributed by atoms with van der Waals surface area (Å²) >= 11 is 0. The highest BCUT2D eigenvalue weighted by Gasteiger charge is 2.64. The predicted octanol–water partition coefficient (Wildman–Crippen LogP) is 4.43. The molecule has 0 saturated heterocycles. The standard InChI is InChI=1S/C14H12F8N4/c1-25(2)24-11-9(13(17,18)19)10(12(15,16)14(20,21)22)23-26(11)8-6-4-3-5-7-8/h3-7,24H,1-2H3. The molecular weight excluding hydrogens is 376 g/mol. The van der Waals surface area contributed by atoms with Gasteiger partial charge >= 0.3 is 18.3 Å². The summed E-state index contributed by atoms with van der Waals surface area (Å²) in [4.78, 5) is 0. The van der Waals surface area contributed by atoms with Crippen LogP contribution in [-0.2, 0) is 12.1 Å². The van der Waals surface area contributed by atoms with Crippen LogP contribution in [0.3, 0.4) is 0 Å². The third-order valence-electron chi connectivity index (χ3n) is 3.15. The van der Waals surface area contributed by atoms with E-state index in [0.29, 0.717) is 4.68 Å². The summed E-state index contributed by atoms with van der Waals surface area (Å²) in [6.07, 6.45) is -11.8. The van der Waals surface area contributed by atoms with Gasteiger partial charge in [0.2, 0.25) is 0 Å². The molecule has 0 bridgehead atoms. The normalized spacial score (nSPS) is 13.3. The minimum absolute atomic E-state index is 0.133. The van der Waals surface area contributed by atoms with E-state index in [4.69, 9.17) is 0 Å². The van der Waals surface area contributed by atoms with Gasteiger partial charge in [0, 0.05) is 14.1 Å². The molecule has 2 aromatic rings. The second-order valence-corrected chi connectivity index (χ2v) is 5.40. The molecule has 0 aliphatic rings. The molecule has 0 unspecified atom stereocenters. The van der Waals surface area contributed by atoms with Gasteiger partial charge in [0.15, 0.2) is 11.5 Å². The highest BCUT2D eigenvalue weighted by atomic mass is 19.4. The molecule has 1 N–H and O–H groups in total. The Balaban J connectivity index is 2.87. The molecule has 2 rings (SSSR count). The minimum atomic E-state index is -6.25. The van der Waals surface area contributed by atoms with Crippen LogP contribution in [0, 0.1) is 0 Å². The number of rotatable bonds is 4. The molecule has 0 aliphatic carbocycles. The van der Waals surface area contributed by atoms with Crippen LogP contribution in [0.5, 0.6) is 0 Å². The van der Waals surface area contributed by atoms with Crippen LogP contribution in [0.1, 0.15) is 11.3 Å². The maximum atomic E-state index is 13.8. The fourth-order valence-corrected chi connectivity index (χ4v) is 2.11. The van der Waals surface area contributed by atoms with Crippen molar-refractivity contribution >= 4 is 5.82 Å². The Kier molecular flexibility index (Phi) is 4.92. The fraction of sp³-hybridized carbons (Fsp3) is 0.357. The van der Waals surface area contributed by atoms with Crippen LogP contribution in [0.25, 0.3) is 5.69 Å². The van der Waals surface area contributed by atoms with Gasteiger partial charge in [-0.25, -0.2) is 9.69 Å². The highest BCUT2D eigenvalue weighted by Crippen LogP contribution is 2.50. The van der Waals surface area contributed by atoms with E-state index >= 15 is 0 Å². The lowest BCUT2D eigenvalue weighted by atomic mass is 10.1. The number of aromatic nitrogens is 2. The van der Waals surface area contributed by atoms with E-state index in [1.54, 1.807) is 0 Å². The Morgan fingerprint density at radius 1 is 0.923 bits per heavy atom. The van der Waals surface area contributed by atoms with E-state index < -0.39 is 35.4 Å². The van der Waals surface area contributed by atoms with Crippen LogP contribution in [0.15, 0.2) is 30.3 Å². The zero-order chi connectivity index (χ0) is 19.9. The smallest absolute Gasteiger partial charge is 0.303 e. The Bertz CT molecular complexity index is 762. The number of anilines is 1. The van der Waals surface area contributed by atoms with Crippen molar-refractivity contribution in [3.05, 3.63) is 41.6 Å². The van der Waals surface area contributed by atoms with E-state index in [-0.39, 0.29) is 5.69 Å². The first-order valence-electron chi connectivity index (χ1n) is 6.91. The summed E-state index contributed by atoms with van der Waals surface area (Å²) in [5.74, 6) is -6.87. The number of benzene rings is 1. The van der Waals surface area contributed by atoms with Gasteiger partial charge in [-0.05, 0) is 12.1 Å². The van der Waals surface area contributed by atoms with Gasteiger partial charge in [0.25, 0.3) is 0 Å². The molecule has 0 aliphatic heterocycles. The molecule has 1 heterocycles. The van der Waals surface area contributed by atoms with Crippen molar-refractivity contribution in [3.63, 3.8) is 0 Å². The van der Waals surface area contributed by atoms with Gasteiger partial charge in [-0.3, -0.25) is 0 Å². The van der Waals surface area contributed by atoms with Gasteiger partial charge < -0.3 is 5.43 Å². The number of alkyl halides is 8. The molecule has 0 radical (unpaired) electrons. The van der Waals surface area contributed by atoms with Gasteiger partial charge in [-0.15, -0.1) is 0 Å². The minimum Gasteiger partial charge on any atom is -0.303 e. The van der Waals surface area contributed by atoms with E-state index in [9.17, 15) is 35.1 Å². The van der Waals surface area contributed by atoms with Gasteiger partial charge in [-0.2, -0.15) is 40.2 Å². The van der Waals surface area contributed by atoms with E-state index in [1.807, 2.05) is 0 Å². The average Bonchev–Trinajstić information content (AvgIpc) is 2.86. The predicted molar refractivity (Wildman–Crippen MR) is 75.8 cm³/mol. The maximum absolute atomic E-state index is 13.8. The first kappa shape index (κ1) is 19.9. The quantitative estimate of drug-likeness (QED) is 0.621. The Hall–Kier alpha value is -2.37. The first-order chi connectivity index (χ1) is 11.8. The van der Waals surface area contributed by atoms with Crippen LogP contribution >= 0.6 is 0 Å². The summed E-state index contributed by atoms with van der Waals surface area (Å²) in [5, 5.41) is 3.94. The molecule has 144 valence electrons. The summed E-state index contributed by atoms with van der Waals surface area (Å²) < 4.78 is 106. The topological polar surface area (TPSA) is 33.1 Å². The zero-order valence-electron chi connectivity index (χ0n) is 13.3. The molecule has 1 aromatic carbocycles. The molecule has 0 saturated carbocycles. The third kappa shape index (κ3) is 3.59. The molecule has 12 heteroatoms. The van der Waals surface area contributed by atoms with Crippen molar-refractivity contribution in [2.75, 3.05) is 19.5 Å². The lowest BCUT2D eigenvalue weighted by Gasteiger charge is -2.20. The van der Waals surface area contributed by atoms with E-state index in [0.717, 1.165) is 5.01 Å². The largest absolute Gasteiger partial charge is 0.459 e. The number of hydrogen-bond donors (Lipinski definition) is 1. The monoisotopic (exact) mass is 388 g/mol. The fourth-order valence-electron chi connectivity index (χ4n) is 2.11. The van der Waals surface area contributed by atoms with Crippen molar-refractivity contribution < 1.29 is 35.1 Å². The van der Waals surface area contributed by atoms with E-state index in [1.165, 1.54) is 44.4 Å². The molecule has 0 spiro atoms. The van der Waals surface area contributed by atoms with Crippen molar-refractivity contribution in [2.24, 2.45) is 0 Å². The SMILES string of the molecule is CN(C)Nc1c(C(F)(F)F)c(C(F)(F)C(F)(F)F)nn1-c1ccccc1. The number of hydrogen-bond acceptors (Lipinski definition) is 3. The maximum Gasteiger partial charge on any atom is 0.459 e. The molecule has 4 nitrogen and oxygen atoms in total. The molecule has 1 aromatic heterocycles. The zero-order valence-corrected chi connectivity index (χ0v) is 13.3. The Morgan fingerprint density at radius 2 is 1.46 bits per heavy atom. The number of para-hydroxylation sites is 1. The van der Waals surface area contributed by atoms with Crippen molar-refractivity contribution in [1.82, 2.24) is 14.8 Å². The molecule has 0 amide bonds. The van der Waals surface area contributed by atoms with E-state index in [2.05, 4.69) is 10.5 Å². The van der Waals surface area contributed by atoms with Crippen LogP contribution in [-0.4, -0.2) is 35.1 Å². The number of hydrazine groups is 1. The summed E-state index contributed by atoms with van der Waals surface area (Å²) in [6.45, 7) is 0. The van der Waals surface area contributed by atoms with Gasteiger partial charge in [-0.1, -0.05) is 18.2 Å². The molecule has 0 atom stereocenters. The number of nitrogens with zero attached hydrogens (tertiary/aromatic N) is 3. The van der Waals surface area contributed by atoms with Gasteiger partial charge in [0.1, 0.15) is 5.56 Å². The van der Waals surface area contributed by atoms with Crippen LogP contribution < -0.4 is 5.43 Å². The Labute approximate surface area is 142 Å². The summed E-state index contributed by atoms with van der Waals surface area (Å²) in [7, 11) is 2.48. The van der Waals surface area contributed by atoms with Crippen LogP contribution in [0.2, 0.25) is 0 Å². The van der Waals surface area contributed by atoms with Crippen molar-refractivity contribution in [2.45, 2.75) is 18.3 Å². The number of nitrogens with one attached hydrogen (secondary N) is 1. The highest BCUT2D eigenvalue weighted by molar-refractivity contribution is 5.55. The van der Waals surface area contributed by atoms with Crippen molar-refractivity contribution in [3.8, 4) is 5.69 Å². The molecule has 0 fully saturated rings. The molecular formula is C14H12F8N4. The van der Waals surface area contributed by atoms with Crippen LogP contribution in [0.4, 0.5) is 40.9 Å². The summed E-state index contributed by atoms with van der Waals surface area (Å²) in [5.41, 5.74) is -2.65. The Morgan fingerprint density at radius 3 is 1.88 bits per heavy atom. The average molecular weight is 388 g/mol. The third-order valence-corrected chi connectivity index (χ3v) is 3.15. The van der Waals surface area contributed by atoms with Crippen molar-refractivity contribution in [1.29, 1.82) is 0 Å². The second kappa shape index (κ2) is 6.41. The van der Waals surface area contributed by atoms with Gasteiger partial charge in [0.05, 0.1) is 5.69 Å². The summed E-state index contributed by atoms with van der Waals surface area (Å²) in [6, 6.07) is 6.64. The lowest BCUT2D eigenvalue weighted by Crippen LogP contribution is -2.36. The second-order valence-electron chi connectivity index (χ2n) is 5.40.